The lowest BCUT2D eigenvalue weighted by atomic mass is 9.98. The Balaban J connectivity index is 1.85. The second-order valence-corrected chi connectivity index (χ2v) is 8.92. The second kappa shape index (κ2) is 7.99. The molecule has 6 nitrogen and oxygen atoms in total. The number of aromatic amines is 1. The first-order valence-electron chi connectivity index (χ1n) is 9.81. The van der Waals surface area contributed by atoms with Gasteiger partial charge in [0.2, 0.25) is 5.88 Å². The van der Waals surface area contributed by atoms with E-state index in [1.54, 1.807) is 11.8 Å². The van der Waals surface area contributed by atoms with Gasteiger partial charge in [0.25, 0.3) is 5.56 Å². The fourth-order valence-electron chi connectivity index (χ4n) is 3.52. The van der Waals surface area contributed by atoms with Crippen molar-refractivity contribution in [1.82, 2.24) is 9.55 Å². The maximum absolute atomic E-state index is 12.6. The first kappa shape index (κ1) is 20.2. The predicted octanol–water partition coefficient (Wildman–Crippen LogP) is 4.26. The predicted molar refractivity (Wildman–Crippen MR) is 120 cm³/mol. The molecule has 1 atom stereocenters. The van der Waals surface area contributed by atoms with E-state index in [1.807, 2.05) is 24.3 Å². The number of aromatic nitrogens is 2. The Labute approximate surface area is 178 Å². The number of nitrogens with zero attached hydrogens (tertiary/aromatic N) is 2. The molecule has 0 aliphatic carbocycles. The maximum Gasteiger partial charge on any atom is 0.330 e. The van der Waals surface area contributed by atoms with Gasteiger partial charge in [0.1, 0.15) is 5.56 Å². The van der Waals surface area contributed by atoms with Gasteiger partial charge < -0.3 is 5.11 Å². The zero-order valence-corrected chi connectivity index (χ0v) is 17.9. The molecule has 1 aromatic heterocycles. The maximum atomic E-state index is 12.6. The van der Waals surface area contributed by atoms with Crippen LogP contribution in [-0.2, 0) is 7.05 Å². The molecule has 0 amide bonds. The molecule has 0 bridgehead atoms. The van der Waals surface area contributed by atoms with Crippen LogP contribution in [0, 0.1) is 0 Å². The summed E-state index contributed by atoms with van der Waals surface area (Å²) in [6.07, 6.45) is 0.440. The number of H-pyrrole nitrogens is 1. The highest BCUT2D eigenvalue weighted by atomic mass is 32.2. The van der Waals surface area contributed by atoms with E-state index in [1.165, 1.54) is 12.6 Å². The first-order chi connectivity index (χ1) is 14.3. The second-order valence-electron chi connectivity index (χ2n) is 7.68. The molecular formula is C23H23N3O3S. The van der Waals surface area contributed by atoms with E-state index in [4.69, 9.17) is 4.99 Å². The van der Waals surface area contributed by atoms with E-state index >= 15 is 0 Å². The zero-order valence-electron chi connectivity index (χ0n) is 17.0. The molecule has 0 saturated heterocycles. The molecule has 0 fully saturated rings. The van der Waals surface area contributed by atoms with E-state index < -0.39 is 11.2 Å². The monoisotopic (exact) mass is 421 g/mol. The number of rotatable bonds is 3. The minimum Gasteiger partial charge on any atom is -0.494 e. The molecule has 0 saturated carbocycles. The molecule has 7 heteroatoms. The lowest BCUT2D eigenvalue weighted by molar-refractivity contribution is 0.416. The third-order valence-corrected chi connectivity index (χ3v) is 6.65. The number of hydrogen-bond acceptors (Lipinski definition) is 5. The fourth-order valence-corrected chi connectivity index (χ4v) is 4.75. The Morgan fingerprint density at radius 1 is 1.13 bits per heavy atom. The van der Waals surface area contributed by atoms with Crippen molar-refractivity contribution in [2.45, 2.75) is 36.3 Å². The molecule has 1 aliphatic rings. The van der Waals surface area contributed by atoms with Gasteiger partial charge in [-0.2, -0.15) is 0 Å². The van der Waals surface area contributed by atoms with Crippen LogP contribution >= 0.6 is 11.8 Å². The minimum absolute atomic E-state index is 0.00430. The Morgan fingerprint density at radius 2 is 1.83 bits per heavy atom. The highest BCUT2D eigenvalue weighted by Crippen LogP contribution is 2.45. The average molecular weight is 422 g/mol. The molecule has 154 valence electrons. The number of fused-ring (bicyclic) bond motifs is 1. The molecule has 1 aliphatic heterocycles. The van der Waals surface area contributed by atoms with Crippen LogP contribution in [0.4, 0.5) is 5.69 Å². The molecule has 30 heavy (non-hydrogen) atoms. The van der Waals surface area contributed by atoms with Gasteiger partial charge in [0, 0.05) is 23.6 Å². The molecule has 1 unspecified atom stereocenters. The number of aromatic hydroxyl groups is 1. The van der Waals surface area contributed by atoms with Crippen LogP contribution < -0.4 is 11.2 Å². The Morgan fingerprint density at radius 3 is 2.53 bits per heavy atom. The summed E-state index contributed by atoms with van der Waals surface area (Å²) in [5, 5.41) is 10.6. The Bertz CT molecular complexity index is 1240. The third kappa shape index (κ3) is 3.73. The van der Waals surface area contributed by atoms with Crippen molar-refractivity contribution in [3.05, 3.63) is 86.1 Å². The number of benzene rings is 2. The minimum atomic E-state index is -0.661. The van der Waals surface area contributed by atoms with Gasteiger partial charge in [0.05, 0.1) is 11.4 Å². The molecule has 4 rings (SSSR count). The summed E-state index contributed by atoms with van der Waals surface area (Å²) in [7, 11) is 1.42. The zero-order chi connectivity index (χ0) is 21.4. The van der Waals surface area contributed by atoms with E-state index in [0.717, 1.165) is 20.7 Å². The van der Waals surface area contributed by atoms with Crippen LogP contribution in [0.15, 0.2) is 68.0 Å². The van der Waals surface area contributed by atoms with E-state index in [-0.39, 0.29) is 16.7 Å². The van der Waals surface area contributed by atoms with Crippen molar-refractivity contribution < 1.29 is 5.11 Å². The normalized spacial score (nSPS) is 16.1. The SMILES string of the molecule is CC(C)c1ccc(C2CC(c3c(O)n(C)c(=O)[nH]c3=O)=Nc3ccccc3S2)cc1. The number of hydrogen-bond donors (Lipinski definition) is 2. The van der Waals surface area contributed by atoms with Gasteiger partial charge in [-0.1, -0.05) is 50.2 Å². The molecule has 3 aromatic rings. The van der Waals surface area contributed by atoms with Crippen molar-refractivity contribution in [2.24, 2.45) is 12.0 Å². The van der Waals surface area contributed by atoms with Crippen molar-refractivity contribution in [1.29, 1.82) is 0 Å². The van der Waals surface area contributed by atoms with Crippen molar-refractivity contribution in [2.75, 3.05) is 0 Å². The quantitative estimate of drug-likeness (QED) is 0.661. The fraction of sp³-hybridized carbons (Fsp3) is 0.261. The summed E-state index contributed by atoms with van der Waals surface area (Å²) in [6, 6.07) is 16.2. The van der Waals surface area contributed by atoms with Crippen molar-refractivity contribution in [3.8, 4) is 5.88 Å². The van der Waals surface area contributed by atoms with Gasteiger partial charge in [0.15, 0.2) is 0 Å². The lowest BCUT2D eigenvalue weighted by Gasteiger charge is -2.17. The number of aliphatic imine (C=N–C) groups is 1. The highest BCUT2D eigenvalue weighted by Gasteiger charge is 2.26. The number of nitrogens with one attached hydrogen (secondary N) is 1. The van der Waals surface area contributed by atoms with Crippen molar-refractivity contribution >= 4 is 23.2 Å². The van der Waals surface area contributed by atoms with E-state index in [0.29, 0.717) is 18.1 Å². The van der Waals surface area contributed by atoms with Gasteiger partial charge in [-0.15, -0.1) is 11.8 Å². The van der Waals surface area contributed by atoms with E-state index in [9.17, 15) is 14.7 Å². The lowest BCUT2D eigenvalue weighted by Crippen LogP contribution is -2.32. The Hall–Kier alpha value is -3.06. The smallest absolute Gasteiger partial charge is 0.330 e. The molecule has 2 N–H and O–H groups in total. The van der Waals surface area contributed by atoms with Gasteiger partial charge in [-0.3, -0.25) is 19.3 Å². The van der Waals surface area contributed by atoms with Crippen LogP contribution in [0.1, 0.15) is 48.1 Å². The average Bonchev–Trinajstić information content (AvgIpc) is 2.92. The summed E-state index contributed by atoms with van der Waals surface area (Å²) >= 11 is 1.69. The van der Waals surface area contributed by atoms with Crippen LogP contribution in [-0.4, -0.2) is 20.4 Å². The largest absolute Gasteiger partial charge is 0.494 e. The summed E-state index contributed by atoms with van der Waals surface area (Å²) in [6.45, 7) is 4.32. The molecular weight excluding hydrogens is 398 g/mol. The van der Waals surface area contributed by atoms with Crippen molar-refractivity contribution in [3.63, 3.8) is 0 Å². The number of thioether (sulfide) groups is 1. The molecule has 0 radical (unpaired) electrons. The van der Waals surface area contributed by atoms with Crippen LogP contribution in [0.3, 0.4) is 0 Å². The molecule has 2 heterocycles. The summed E-state index contributed by atoms with van der Waals surface area (Å²) in [5.74, 6) is 0.0700. The standard InChI is InChI=1S/C23H23N3O3S/c1-13(2)14-8-10-15(11-9-14)19-12-17(24-16-6-4-5-7-18(16)30-19)20-21(27)25-23(29)26(3)22(20)28/h4-11,13,19,28H,12H2,1-3H3,(H,25,27,29). The topological polar surface area (TPSA) is 87.5 Å². The summed E-state index contributed by atoms with van der Waals surface area (Å²) in [4.78, 5) is 32.4. The Kier molecular flexibility index (Phi) is 5.39. The van der Waals surface area contributed by atoms with Crippen LogP contribution in [0.25, 0.3) is 0 Å². The van der Waals surface area contributed by atoms with Gasteiger partial charge >= 0.3 is 5.69 Å². The molecule has 0 spiro atoms. The van der Waals surface area contributed by atoms with Crippen LogP contribution in [0.5, 0.6) is 5.88 Å². The van der Waals surface area contributed by atoms with Gasteiger partial charge in [-0.05, 0) is 29.2 Å². The number of para-hydroxylation sites is 1. The van der Waals surface area contributed by atoms with E-state index in [2.05, 4.69) is 43.1 Å². The van der Waals surface area contributed by atoms with Crippen LogP contribution in [0.2, 0.25) is 0 Å². The summed E-state index contributed by atoms with van der Waals surface area (Å²) in [5.41, 5.74) is 2.33. The first-order valence-corrected chi connectivity index (χ1v) is 10.7. The summed E-state index contributed by atoms with van der Waals surface area (Å²) < 4.78 is 1.02. The highest BCUT2D eigenvalue weighted by molar-refractivity contribution is 7.99. The van der Waals surface area contributed by atoms with Gasteiger partial charge in [-0.25, -0.2) is 4.79 Å². The third-order valence-electron chi connectivity index (χ3n) is 5.33. The molecule has 2 aromatic carbocycles.